The lowest BCUT2D eigenvalue weighted by molar-refractivity contribution is -0.116. The molecule has 2 N–H and O–H groups in total. The third-order valence-electron chi connectivity index (χ3n) is 3.18. The monoisotopic (exact) mass is 341 g/mol. The number of nitrogens with one attached hydrogen (secondary N) is 2. The van der Waals surface area contributed by atoms with Crippen LogP contribution in [0.25, 0.3) is 5.82 Å². The second kappa shape index (κ2) is 7.51. The highest BCUT2D eigenvalue weighted by atomic mass is 32.1. The van der Waals surface area contributed by atoms with Gasteiger partial charge in [-0.15, -0.1) is 11.3 Å². The Morgan fingerprint density at radius 2 is 2.17 bits per heavy atom. The summed E-state index contributed by atoms with van der Waals surface area (Å²) in [4.78, 5) is 32.5. The minimum atomic E-state index is -0.182. The van der Waals surface area contributed by atoms with Crippen molar-refractivity contribution >= 4 is 28.8 Å². The zero-order valence-electron chi connectivity index (χ0n) is 12.7. The van der Waals surface area contributed by atoms with E-state index in [1.807, 2.05) is 11.4 Å². The van der Waals surface area contributed by atoms with Crippen LogP contribution in [-0.2, 0) is 4.79 Å². The molecule has 7 nitrogen and oxygen atoms in total. The van der Waals surface area contributed by atoms with E-state index in [4.69, 9.17) is 0 Å². The minimum absolute atomic E-state index is 0.163. The molecule has 0 saturated carbocycles. The number of thiophene rings is 1. The van der Waals surface area contributed by atoms with Gasteiger partial charge in [-0.05, 0) is 23.6 Å². The number of hydrogen-bond donors (Lipinski definition) is 2. The molecule has 3 aromatic rings. The maximum absolute atomic E-state index is 11.9. The first-order chi connectivity index (χ1) is 11.7. The Balaban J connectivity index is 1.46. The van der Waals surface area contributed by atoms with Crippen LogP contribution < -0.4 is 10.6 Å². The maximum Gasteiger partial charge on any atom is 0.261 e. The van der Waals surface area contributed by atoms with Crippen LogP contribution in [0.15, 0.2) is 54.6 Å². The molecule has 0 fully saturated rings. The summed E-state index contributed by atoms with van der Waals surface area (Å²) in [5.41, 5.74) is 0.605. The van der Waals surface area contributed by atoms with Crippen molar-refractivity contribution in [1.82, 2.24) is 19.9 Å². The molecule has 0 spiro atoms. The van der Waals surface area contributed by atoms with E-state index in [2.05, 4.69) is 20.6 Å². The van der Waals surface area contributed by atoms with Gasteiger partial charge in [-0.3, -0.25) is 14.2 Å². The molecule has 0 unspecified atom stereocenters. The van der Waals surface area contributed by atoms with Crippen molar-refractivity contribution in [2.75, 3.05) is 11.9 Å². The summed E-state index contributed by atoms with van der Waals surface area (Å²) in [6, 6.07) is 7.11. The van der Waals surface area contributed by atoms with Crippen molar-refractivity contribution in [3.05, 3.63) is 59.4 Å². The van der Waals surface area contributed by atoms with E-state index < -0.39 is 0 Å². The average molecular weight is 341 g/mol. The Bertz CT molecular complexity index is 798. The summed E-state index contributed by atoms with van der Waals surface area (Å²) < 4.78 is 1.77. The van der Waals surface area contributed by atoms with Gasteiger partial charge in [0.25, 0.3) is 5.91 Å². The second-order valence-corrected chi connectivity index (χ2v) is 5.85. The average Bonchev–Trinajstić information content (AvgIpc) is 3.29. The second-order valence-electron chi connectivity index (χ2n) is 4.91. The van der Waals surface area contributed by atoms with Gasteiger partial charge in [0.15, 0.2) is 0 Å². The number of pyridine rings is 1. The lowest BCUT2D eigenvalue weighted by Crippen LogP contribution is -2.27. The number of carbonyl (C=O) groups is 2. The Labute approximate surface area is 142 Å². The summed E-state index contributed by atoms with van der Waals surface area (Å²) >= 11 is 1.37. The molecule has 0 saturated heterocycles. The Morgan fingerprint density at radius 3 is 2.83 bits per heavy atom. The van der Waals surface area contributed by atoms with E-state index in [0.717, 1.165) is 0 Å². The van der Waals surface area contributed by atoms with Crippen LogP contribution in [0.5, 0.6) is 0 Å². The molecule has 0 aliphatic heterocycles. The molecule has 3 heterocycles. The van der Waals surface area contributed by atoms with Gasteiger partial charge in [-0.2, -0.15) is 0 Å². The summed E-state index contributed by atoms with van der Waals surface area (Å²) in [5, 5.41) is 7.30. The minimum Gasteiger partial charge on any atom is -0.351 e. The van der Waals surface area contributed by atoms with Gasteiger partial charge >= 0.3 is 0 Å². The van der Waals surface area contributed by atoms with E-state index in [1.165, 1.54) is 11.3 Å². The van der Waals surface area contributed by atoms with Crippen LogP contribution in [0.3, 0.4) is 0 Å². The molecule has 0 radical (unpaired) electrons. The molecule has 3 rings (SSSR count). The fourth-order valence-electron chi connectivity index (χ4n) is 2.02. The predicted octanol–water partition coefficient (Wildman–Crippen LogP) is 2.09. The van der Waals surface area contributed by atoms with E-state index in [0.29, 0.717) is 16.4 Å². The van der Waals surface area contributed by atoms with E-state index in [-0.39, 0.29) is 24.8 Å². The number of aromatic nitrogens is 3. The Morgan fingerprint density at radius 1 is 1.25 bits per heavy atom. The predicted molar refractivity (Wildman–Crippen MR) is 91.3 cm³/mol. The highest BCUT2D eigenvalue weighted by Crippen LogP contribution is 2.10. The fourth-order valence-corrected chi connectivity index (χ4v) is 2.66. The van der Waals surface area contributed by atoms with Crippen LogP contribution in [0.2, 0.25) is 0 Å². The van der Waals surface area contributed by atoms with E-state index >= 15 is 0 Å². The first kappa shape index (κ1) is 15.9. The van der Waals surface area contributed by atoms with Crippen molar-refractivity contribution in [2.24, 2.45) is 0 Å². The van der Waals surface area contributed by atoms with Crippen molar-refractivity contribution in [2.45, 2.75) is 6.42 Å². The zero-order valence-corrected chi connectivity index (χ0v) is 13.5. The molecule has 0 aliphatic carbocycles. The SMILES string of the molecule is O=C(CCNC(=O)c1cccs1)Nc1ccc(-n2ccnc2)nc1. The van der Waals surface area contributed by atoms with Gasteiger partial charge in [-0.25, -0.2) is 9.97 Å². The molecule has 3 aromatic heterocycles. The molecule has 2 amide bonds. The third-order valence-corrected chi connectivity index (χ3v) is 4.05. The third kappa shape index (κ3) is 4.05. The lowest BCUT2D eigenvalue weighted by Gasteiger charge is -2.07. The van der Waals surface area contributed by atoms with Crippen LogP contribution >= 0.6 is 11.3 Å². The number of anilines is 1. The molecule has 0 bridgehead atoms. The zero-order chi connectivity index (χ0) is 16.8. The van der Waals surface area contributed by atoms with Crippen LogP contribution in [0, 0.1) is 0 Å². The van der Waals surface area contributed by atoms with Crippen molar-refractivity contribution < 1.29 is 9.59 Å². The summed E-state index contributed by atoms with van der Waals surface area (Å²) in [5.74, 6) is 0.372. The largest absolute Gasteiger partial charge is 0.351 e. The van der Waals surface area contributed by atoms with Crippen LogP contribution in [0.1, 0.15) is 16.1 Å². The molecule has 0 aliphatic rings. The molecule has 0 atom stereocenters. The fraction of sp³-hybridized carbons (Fsp3) is 0.125. The highest BCUT2D eigenvalue weighted by Gasteiger charge is 2.08. The molecule has 0 aromatic carbocycles. The molecule has 122 valence electrons. The van der Waals surface area contributed by atoms with Gasteiger partial charge in [-0.1, -0.05) is 6.07 Å². The van der Waals surface area contributed by atoms with Crippen molar-refractivity contribution in [1.29, 1.82) is 0 Å². The first-order valence-electron chi connectivity index (χ1n) is 7.28. The number of nitrogens with zero attached hydrogens (tertiary/aromatic N) is 3. The normalized spacial score (nSPS) is 10.3. The molecular weight excluding hydrogens is 326 g/mol. The van der Waals surface area contributed by atoms with E-state index in [9.17, 15) is 9.59 Å². The number of carbonyl (C=O) groups excluding carboxylic acids is 2. The number of rotatable bonds is 6. The van der Waals surface area contributed by atoms with Gasteiger partial charge in [0.05, 0.1) is 16.8 Å². The quantitative estimate of drug-likeness (QED) is 0.718. The van der Waals surface area contributed by atoms with E-state index in [1.54, 1.807) is 47.7 Å². The first-order valence-corrected chi connectivity index (χ1v) is 8.16. The van der Waals surface area contributed by atoms with Crippen molar-refractivity contribution in [3.8, 4) is 5.82 Å². The van der Waals surface area contributed by atoms with Crippen LogP contribution in [0.4, 0.5) is 5.69 Å². The molecular formula is C16H15N5O2S. The van der Waals surface area contributed by atoms with Crippen molar-refractivity contribution in [3.63, 3.8) is 0 Å². The summed E-state index contributed by atoms with van der Waals surface area (Å²) in [6.45, 7) is 0.281. The standard InChI is InChI=1S/C16H15N5O2S/c22-15(5-6-18-16(23)13-2-1-9-24-13)20-12-3-4-14(19-10-12)21-8-7-17-11-21/h1-4,7-11H,5-6H2,(H,18,23)(H,20,22). The van der Waals surface area contributed by atoms with Gasteiger partial charge < -0.3 is 10.6 Å². The summed E-state index contributed by atoms with van der Waals surface area (Å²) in [6.07, 6.45) is 6.88. The van der Waals surface area contributed by atoms with Gasteiger partial charge in [0.1, 0.15) is 12.1 Å². The maximum atomic E-state index is 11.9. The Hall–Kier alpha value is -3.00. The number of hydrogen-bond acceptors (Lipinski definition) is 5. The number of amides is 2. The topological polar surface area (TPSA) is 88.9 Å². The Kier molecular flexibility index (Phi) is 4.97. The van der Waals surface area contributed by atoms with Gasteiger partial charge in [0, 0.05) is 25.4 Å². The molecule has 8 heteroatoms. The highest BCUT2D eigenvalue weighted by molar-refractivity contribution is 7.12. The number of imidazole rings is 1. The smallest absolute Gasteiger partial charge is 0.261 e. The van der Waals surface area contributed by atoms with Gasteiger partial charge in [0.2, 0.25) is 5.91 Å². The van der Waals surface area contributed by atoms with Crippen LogP contribution in [-0.4, -0.2) is 32.9 Å². The lowest BCUT2D eigenvalue weighted by atomic mass is 10.3. The summed E-state index contributed by atoms with van der Waals surface area (Å²) in [7, 11) is 0. The molecule has 24 heavy (non-hydrogen) atoms.